The lowest BCUT2D eigenvalue weighted by Crippen LogP contribution is -2.32. The van der Waals surface area contributed by atoms with Gasteiger partial charge in [-0.2, -0.15) is 0 Å². The van der Waals surface area contributed by atoms with Gasteiger partial charge < -0.3 is 9.57 Å². The molecule has 0 atom stereocenters. The van der Waals surface area contributed by atoms with Crippen molar-refractivity contribution in [3.05, 3.63) is 29.8 Å². The third kappa shape index (κ3) is 3.04. The molecule has 0 aromatic heterocycles. The Hall–Kier alpha value is -2.37. The van der Waals surface area contributed by atoms with Crippen molar-refractivity contribution in [2.24, 2.45) is 5.92 Å². The molecule has 1 aliphatic heterocycles. The van der Waals surface area contributed by atoms with E-state index in [2.05, 4.69) is 0 Å². The van der Waals surface area contributed by atoms with Gasteiger partial charge in [0, 0.05) is 12.8 Å². The average molecular weight is 289 g/mol. The van der Waals surface area contributed by atoms with Crippen LogP contribution in [0.4, 0.5) is 0 Å². The maximum Gasteiger partial charge on any atom is 0.367 e. The second-order valence-corrected chi connectivity index (χ2v) is 5.21. The van der Waals surface area contributed by atoms with Gasteiger partial charge in [0.1, 0.15) is 11.3 Å². The van der Waals surface area contributed by atoms with Crippen molar-refractivity contribution in [3.63, 3.8) is 0 Å². The van der Waals surface area contributed by atoms with E-state index in [1.165, 1.54) is 0 Å². The molecule has 0 bridgehead atoms. The van der Waals surface area contributed by atoms with Crippen LogP contribution in [0.5, 0.6) is 5.75 Å². The molecule has 21 heavy (non-hydrogen) atoms. The van der Waals surface area contributed by atoms with Gasteiger partial charge in [0.15, 0.2) is 0 Å². The fourth-order valence-corrected chi connectivity index (χ4v) is 2.04. The predicted octanol–water partition coefficient (Wildman–Crippen LogP) is 1.70. The molecule has 1 aromatic carbocycles. The van der Waals surface area contributed by atoms with Gasteiger partial charge in [-0.25, -0.2) is 4.79 Å². The van der Waals surface area contributed by atoms with Crippen molar-refractivity contribution in [1.29, 1.82) is 0 Å². The summed E-state index contributed by atoms with van der Waals surface area (Å²) in [6.07, 6.45) is 2.44. The lowest BCUT2D eigenvalue weighted by atomic mass is 10.2. The second kappa shape index (κ2) is 5.55. The van der Waals surface area contributed by atoms with Crippen molar-refractivity contribution in [2.75, 3.05) is 6.61 Å². The first kappa shape index (κ1) is 13.6. The van der Waals surface area contributed by atoms with Crippen LogP contribution in [0.1, 0.15) is 36.0 Å². The quantitative estimate of drug-likeness (QED) is 0.771. The van der Waals surface area contributed by atoms with Gasteiger partial charge in [-0.3, -0.25) is 9.59 Å². The monoisotopic (exact) mass is 289 g/mol. The number of carbonyl (C=O) groups excluding carboxylic acids is 3. The Morgan fingerprint density at radius 1 is 1.14 bits per heavy atom. The molecular weight excluding hydrogens is 274 g/mol. The van der Waals surface area contributed by atoms with Gasteiger partial charge in [0.25, 0.3) is 11.8 Å². The summed E-state index contributed by atoms with van der Waals surface area (Å²) in [7, 11) is 0. The Balaban J connectivity index is 1.71. The Morgan fingerprint density at radius 3 is 2.48 bits per heavy atom. The van der Waals surface area contributed by atoms with Gasteiger partial charge in [0.2, 0.25) is 0 Å². The number of para-hydroxylation sites is 1. The number of hydrogen-bond donors (Lipinski definition) is 0. The minimum Gasteiger partial charge on any atom is -0.492 e. The summed E-state index contributed by atoms with van der Waals surface area (Å²) in [5.41, 5.74) is 0.214. The minimum absolute atomic E-state index is 0.0753. The highest BCUT2D eigenvalue weighted by Crippen LogP contribution is 2.30. The molecule has 6 nitrogen and oxygen atoms in total. The van der Waals surface area contributed by atoms with Crippen LogP contribution in [0.15, 0.2) is 24.3 Å². The first-order valence-corrected chi connectivity index (χ1v) is 6.95. The number of hydroxylamine groups is 2. The molecule has 2 fully saturated rings. The molecule has 2 aliphatic rings. The van der Waals surface area contributed by atoms with E-state index in [1.807, 2.05) is 0 Å². The Labute approximate surface area is 121 Å². The Kier molecular flexibility index (Phi) is 3.60. The molecule has 0 spiro atoms. The third-order valence-electron chi connectivity index (χ3n) is 3.46. The molecule has 1 saturated carbocycles. The normalized spacial score (nSPS) is 18.0. The highest BCUT2D eigenvalue weighted by Gasteiger charge is 2.33. The average Bonchev–Trinajstić information content (AvgIpc) is 3.27. The molecule has 1 saturated heterocycles. The van der Waals surface area contributed by atoms with E-state index in [-0.39, 0.29) is 18.4 Å². The molecular formula is C15H15NO5. The second-order valence-electron chi connectivity index (χ2n) is 5.21. The summed E-state index contributed by atoms with van der Waals surface area (Å²) in [6, 6.07) is 6.65. The fourth-order valence-electron chi connectivity index (χ4n) is 2.04. The van der Waals surface area contributed by atoms with E-state index < -0.39 is 17.8 Å². The molecule has 1 aliphatic carbocycles. The molecule has 0 N–H and O–H groups in total. The fraction of sp³-hybridized carbons (Fsp3) is 0.400. The lowest BCUT2D eigenvalue weighted by molar-refractivity contribution is -0.172. The summed E-state index contributed by atoms with van der Waals surface area (Å²) in [6.45, 7) is 0.561. The maximum absolute atomic E-state index is 12.1. The standard InChI is InChI=1S/C15H15NO5/c17-13-7-8-14(18)16(13)21-15(19)11-3-1-2-4-12(11)20-9-10-5-6-10/h1-4,10H,5-9H2. The number of nitrogens with zero attached hydrogens (tertiary/aromatic N) is 1. The van der Waals surface area contributed by atoms with Crippen LogP contribution in [0.3, 0.4) is 0 Å². The SMILES string of the molecule is O=C(ON1C(=O)CCC1=O)c1ccccc1OCC1CC1. The smallest absolute Gasteiger partial charge is 0.367 e. The van der Waals surface area contributed by atoms with E-state index in [9.17, 15) is 14.4 Å². The Bertz CT molecular complexity index is 577. The Morgan fingerprint density at radius 2 is 1.81 bits per heavy atom. The zero-order valence-electron chi connectivity index (χ0n) is 11.4. The van der Waals surface area contributed by atoms with Crippen LogP contribution in [0.25, 0.3) is 0 Å². The van der Waals surface area contributed by atoms with Gasteiger partial charge in [0.05, 0.1) is 6.61 Å². The van der Waals surface area contributed by atoms with Crippen LogP contribution in [0, 0.1) is 5.92 Å². The third-order valence-corrected chi connectivity index (χ3v) is 3.46. The number of amides is 2. The summed E-state index contributed by atoms with van der Waals surface area (Å²) >= 11 is 0. The molecule has 110 valence electrons. The summed E-state index contributed by atoms with van der Waals surface area (Å²) in [5, 5.41) is 0.542. The van der Waals surface area contributed by atoms with Crippen LogP contribution in [-0.4, -0.2) is 29.5 Å². The van der Waals surface area contributed by atoms with Gasteiger partial charge in [-0.15, -0.1) is 5.06 Å². The first-order valence-electron chi connectivity index (χ1n) is 6.95. The van der Waals surface area contributed by atoms with Gasteiger partial charge in [-0.05, 0) is 30.9 Å². The highest BCUT2D eigenvalue weighted by atomic mass is 16.7. The zero-order valence-corrected chi connectivity index (χ0v) is 11.4. The van der Waals surface area contributed by atoms with Crippen molar-refractivity contribution in [3.8, 4) is 5.75 Å². The number of imide groups is 1. The zero-order chi connectivity index (χ0) is 14.8. The molecule has 3 rings (SSSR count). The molecule has 1 heterocycles. The summed E-state index contributed by atoms with van der Waals surface area (Å²) < 4.78 is 5.61. The van der Waals surface area contributed by atoms with Crippen LogP contribution >= 0.6 is 0 Å². The van der Waals surface area contributed by atoms with Gasteiger partial charge in [-0.1, -0.05) is 12.1 Å². The summed E-state index contributed by atoms with van der Waals surface area (Å²) in [4.78, 5) is 39.9. The molecule has 1 aromatic rings. The van der Waals surface area contributed by atoms with Crippen molar-refractivity contribution >= 4 is 17.8 Å². The summed E-state index contributed by atoms with van der Waals surface area (Å²) in [5.74, 6) is -0.788. The number of rotatable bonds is 5. The molecule has 6 heteroatoms. The van der Waals surface area contributed by atoms with Gasteiger partial charge >= 0.3 is 5.97 Å². The van der Waals surface area contributed by atoms with E-state index in [0.29, 0.717) is 23.3 Å². The van der Waals surface area contributed by atoms with E-state index >= 15 is 0 Å². The number of benzene rings is 1. The van der Waals surface area contributed by atoms with Crippen LogP contribution in [0.2, 0.25) is 0 Å². The molecule has 0 radical (unpaired) electrons. The first-order chi connectivity index (χ1) is 10.1. The van der Waals surface area contributed by atoms with Crippen molar-refractivity contribution < 1.29 is 24.0 Å². The highest BCUT2D eigenvalue weighted by molar-refractivity contribution is 6.03. The van der Waals surface area contributed by atoms with E-state index in [4.69, 9.17) is 9.57 Å². The number of ether oxygens (including phenoxy) is 1. The van der Waals surface area contributed by atoms with E-state index in [0.717, 1.165) is 12.8 Å². The number of carbonyl (C=O) groups is 3. The van der Waals surface area contributed by atoms with E-state index in [1.54, 1.807) is 24.3 Å². The molecule has 2 amide bonds. The minimum atomic E-state index is -0.759. The van der Waals surface area contributed by atoms with Crippen molar-refractivity contribution in [2.45, 2.75) is 25.7 Å². The topological polar surface area (TPSA) is 72.9 Å². The van der Waals surface area contributed by atoms with Crippen molar-refractivity contribution in [1.82, 2.24) is 5.06 Å². The lowest BCUT2D eigenvalue weighted by Gasteiger charge is -2.14. The largest absolute Gasteiger partial charge is 0.492 e. The maximum atomic E-state index is 12.1. The number of hydrogen-bond acceptors (Lipinski definition) is 5. The van der Waals surface area contributed by atoms with Crippen LogP contribution in [-0.2, 0) is 14.4 Å². The van der Waals surface area contributed by atoms with Crippen LogP contribution < -0.4 is 4.74 Å². The molecule has 0 unspecified atom stereocenters. The predicted molar refractivity (Wildman–Crippen MR) is 71.2 cm³/mol.